The molecule has 0 radical (unpaired) electrons. The van der Waals surface area contributed by atoms with Crippen LogP contribution in [0.5, 0.6) is 0 Å². The third-order valence-corrected chi connectivity index (χ3v) is 1.65. The topological polar surface area (TPSA) is 106 Å². The van der Waals surface area contributed by atoms with E-state index in [1.807, 2.05) is 0 Å². The number of nitrogens with two attached hydrogens (primary N) is 2. The van der Waals surface area contributed by atoms with Gasteiger partial charge in [-0.1, -0.05) is 0 Å². The normalized spacial score (nSPS) is 15.2. The van der Waals surface area contributed by atoms with Gasteiger partial charge in [-0.05, 0) is 25.8 Å². The molecule has 0 rings (SSSR count). The fourth-order valence-electron chi connectivity index (χ4n) is 0.778. The Morgan fingerprint density at radius 2 is 2.08 bits per heavy atom. The van der Waals surface area contributed by atoms with Gasteiger partial charge in [0.15, 0.2) is 11.8 Å². The molecule has 0 aliphatic carbocycles. The molecule has 0 unspecified atom stereocenters. The van der Waals surface area contributed by atoms with Crippen LogP contribution in [0.1, 0.15) is 19.3 Å². The first kappa shape index (κ1) is 11.1. The van der Waals surface area contributed by atoms with E-state index in [4.69, 9.17) is 16.6 Å². The molecule has 0 aromatic carbocycles. The van der Waals surface area contributed by atoms with Gasteiger partial charge in [-0.25, -0.2) is 4.79 Å². The molecule has 0 aliphatic heterocycles. The number of rotatable bonds is 6. The maximum Gasteiger partial charge on any atom is 0.331 e. The van der Waals surface area contributed by atoms with Crippen molar-refractivity contribution in [3.05, 3.63) is 0 Å². The van der Waals surface area contributed by atoms with E-state index in [9.17, 15) is 9.59 Å². The number of aliphatic carboxylic acids is 1. The lowest BCUT2D eigenvalue weighted by atomic mass is 9.96. The Morgan fingerprint density at radius 3 is 2.42 bits per heavy atom. The van der Waals surface area contributed by atoms with Crippen molar-refractivity contribution in [2.45, 2.75) is 24.8 Å². The number of carboxylic acid groups (broad SMARTS) is 1. The van der Waals surface area contributed by atoms with Crippen LogP contribution >= 0.6 is 0 Å². The van der Waals surface area contributed by atoms with Gasteiger partial charge in [-0.3, -0.25) is 0 Å². The summed E-state index contributed by atoms with van der Waals surface area (Å²) in [7, 11) is 0. The van der Waals surface area contributed by atoms with Crippen LogP contribution in [0.15, 0.2) is 0 Å². The number of carboxylic acids is 1. The van der Waals surface area contributed by atoms with Crippen molar-refractivity contribution in [1.29, 1.82) is 0 Å². The van der Waals surface area contributed by atoms with Gasteiger partial charge in [-0.2, -0.15) is 0 Å². The van der Waals surface area contributed by atoms with Crippen molar-refractivity contribution in [2.24, 2.45) is 11.5 Å². The van der Waals surface area contributed by atoms with Gasteiger partial charge in [0.05, 0.1) is 0 Å². The Balaban J connectivity index is 3.97. The zero-order chi connectivity index (χ0) is 9.61. The highest BCUT2D eigenvalue weighted by Crippen LogP contribution is 2.08. The van der Waals surface area contributed by atoms with Crippen LogP contribution in [-0.2, 0) is 9.59 Å². The molecule has 0 aromatic rings. The molecule has 12 heavy (non-hydrogen) atoms. The third kappa shape index (κ3) is 2.98. The van der Waals surface area contributed by atoms with Crippen LogP contribution in [0.2, 0.25) is 0 Å². The smallest absolute Gasteiger partial charge is 0.331 e. The summed E-state index contributed by atoms with van der Waals surface area (Å²) in [5.74, 6) is -1.28. The number of carbonyl (C=O) groups is 2. The van der Waals surface area contributed by atoms with Gasteiger partial charge in [0.2, 0.25) is 0 Å². The minimum absolute atomic E-state index is 0.142. The molecule has 0 aromatic heterocycles. The molecule has 0 saturated carbocycles. The van der Waals surface area contributed by atoms with Crippen LogP contribution < -0.4 is 11.5 Å². The average Bonchev–Trinajstić information content (AvgIpc) is 2.04. The number of hydrogen-bond donors (Lipinski definition) is 3. The lowest BCUT2D eigenvalue weighted by molar-refractivity contribution is -0.145. The largest absolute Gasteiger partial charge is 0.480 e. The summed E-state index contributed by atoms with van der Waals surface area (Å²) in [5, 5.41) is 8.54. The van der Waals surface area contributed by atoms with Crippen molar-refractivity contribution in [3.8, 4) is 0 Å². The molecule has 0 heterocycles. The van der Waals surface area contributed by atoms with Crippen molar-refractivity contribution in [2.75, 3.05) is 6.54 Å². The number of carbonyl (C=O) groups excluding carboxylic acids is 1. The fourth-order valence-corrected chi connectivity index (χ4v) is 0.778. The Bertz CT molecular complexity index is 172. The molecular formula is C7H14N2O3. The Morgan fingerprint density at radius 1 is 1.50 bits per heavy atom. The van der Waals surface area contributed by atoms with Crippen LogP contribution in [-0.4, -0.2) is 29.4 Å². The van der Waals surface area contributed by atoms with E-state index in [0.29, 0.717) is 19.4 Å². The summed E-state index contributed by atoms with van der Waals surface area (Å²) in [6, 6.07) is 0. The van der Waals surface area contributed by atoms with Crippen LogP contribution in [0.25, 0.3) is 0 Å². The van der Waals surface area contributed by atoms with Gasteiger partial charge < -0.3 is 21.4 Å². The number of unbranched alkanes of at least 4 members (excludes halogenated alkanes) is 1. The van der Waals surface area contributed by atoms with Crippen molar-refractivity contribution >= 4 is 12.3 Å². The Labute approximate surface area is 70.7 Å². The maximum atomic E-state index is 10.5. The standard InChI is InChI=1S/C7H14N2O3/c8-4-2-1-3-7(9,5-10)6(11)12/h5H,1-4,8-9H2,(H,11,12)/t7-/m1/s1. The van der Waals surface area contributed by atoms with Gasteiger partial charge in [0, 0.05) is 0 Å². The summed E-state index contributed by atoms with van der Waals surface area (Å²) in [4.78, 5) is 20.8. The van der Waals surface area contributed by atoms with Crippen LogP contribution in [0.4, 0.5) is 0 Å². The minimum atomic E-state index is -1.73. The molecule has 5 heteroatoms. The van der Waals surface area contributed by atoms with Gasteiger partial charge >= 0.3 is 5.97 Å². The van der Waals surface area contributed by atoms with Gasteiger partial charge in [0.25, 0.3) is 0 Å². The zero-order valence-electron chi connectivity index (χ0n) is 6.82. The second-order valence-electron chi connectivity index (χ2n) is 2.71. The number of aldehydes is 1. The molecule has 0 aliphatic rings. The quantitative estimate of drug-likeness (QED) is 0.275. The molecule has 0 fully saturated rings. The highest BCUT2D eigenvalue weighted by Gasteiger charge is 2.32. The average molecular weight is 174 g/mol. The first-order valence-corrected chi connectivity index (χ1v) is 3.75. The highest BCUT2D eigenvalue weighted by molar-refractivity contribution is 5.96. The minimum Gasteiger partial charge on any atom is -0.480 e. The molecular weight excluding hydrogens is 160 g/mol. The van der Waals surface area contributed by atoms with Crippen LogP contribution in [0.3, 0.4) is 0 Å². The molecule has 5 nitrogen and oxygen atoms in total. The van der Waals surface area contributed by atoms with E-state index < -0.39 is 11.5 Å². The second-order valence-corrected chi connectivity index (χ2v) is 2.71. The van der Waals surface area contributed by atoms with Crippen molar-refractivity contribution < 1.29 is 14.7 Å². The zero-order valence-corrected chi connectivity index (χ0v) is 6.82. The molecule has 0 bridgehead atoms. The summed E-state index contributed by atoms with van der Waals surface area (Å²) >= 11 is 0. The Hall–Kier alpha value is -0.940. The van der Waals surface area contributed by atoms with E-state index in [1.54, 1.807) is 0 Å². The number of hydrogen-bond acceptors (Lipinski definition) is 4. The van der Waals surface area contributed by atoms with Gasteiger partial charge in [0.1, 0.15) is 0 Å². The molecule has 0 spiro atoms. The van der Waals surface area contributed by atoms with E-state index in [1.165, 1.54) is 0 Å². The maximum absolute atomic E-state index is 10.5. The summed E-state index contributed by atoms with van der Waals surface area (Å²) < 4.78 is 0. The summed E-state index contributed by atoms with van der Waals surface area (Å²) in [5.41, 5.74) is 8.74. The van der Waals surface area contributed by atoms with E-state index in [-0.39, 0.29) is 12.7 Å². The monoisotopic (exact) mass is 174 g/mol. The SMILES string of the molecule is NCCCC[C@@](N)(C=O)C(=O)O. The first-order valence-electron chi connectivity index (χ1n) is 3.75. The molecule has 5 N–H and O–H groups in total. The Kier molecular flexibility index (Phi) is 4.46. The lowest BCUT2D eigenvalue weighted by Crippen LogP contribution is -2.49. The van der Waals surface area contributed by atoms with Crippen LogP contribution in [0, 0.1) is 0 Å². The summed E-state index contributed by atoms with van der Waals surface area (Å²) in [6.45, 7) is 0.481. The van der Waals surface area contributed by atoms with Crippen molar-refractivity contribution in [1.82, 2.24) is 0 Å². The fraction of sp³-hybridized carbons (Fsp3) is 0.714. The van der Waals surface area contributed by atoms with Gasteiger partial charge in [-0.15, -0.1) is 0 Å². The predicted octanol–water partition coefficient (Wildman–Crippen LogP) is -0.904. The highest BCUT2D eigenvalue weighted by atomic mass is 16.4. The molecule has 0 amide bonds. The van der Waals surface area contributed by atoms with E-state index in [2.05, 4.69) is 0 Å². The predicted molar refractivity (Wildman–Crippen MR) is 43.5 cm³/mol. The molecule has 0 saturated heterocycles. The van der Waals surface area contributed by atoms with E-state index >= 15 is 0 Å². The molecule has 70 valence electrons. The van der Waals surface area contributed by atoms with Crippen molar-refractivity contribution in [3.63, 3.8) is 0 Å². The molecule has 1 atom stereocenters. The third-order valence-electron chi connectivity index (χ3n) is 1.65. The first-order chi connectivity index (χ1) is 5.56. The van der Waals surface area contributed by atoms with E-state index in [0.717, 1.165) is 0 Å². The summed E-state index contributed by atoms with van der Waals surface area (Å²) in [6.07, 6.45) is 1.65. The second kappa shape index (κ2) is 4.84. The lowest BCUT2D eigenvalue weighted by Gasteiger charge is -2.16.